The Morgan fingerprint density at radius 3 is 2.82 bits per heavy atom. The highest BCUT2D eigenvalue weighted by Crippen LogP contribution is 2.32. The first-order valence-electron chi connectivity index (χ1n) is 4.18. The Hall–Kier alpha value is -0.660. The predicted octanol–water partition coefficient (Wildman–Crippen LogP) is 1.58. The number of hydrogen-bond acceptors (Lipinski definition) is 2. The van der Waals surface area contributed by atoms with Crippen molar-refractivity contribution in [3.05, 3.63) is 0 Å². The van der Waals surface area contributed by atoms with Gasteiger partial charge < -0.3 is 9.59 Å². The number of carbonyl (C=O) groups is 2. The highest BCUT2D eigenvalue weighted by atomic mass is 16.1. The normalized spacial score (nSPS) is 30.3. The molecule has 0 saturated heterocycles. The smallest absolute Gasteiger partial charge is 0.130 e. The monoisotopic (exact) mass is 154 g/mol. The van der Waals surface area contributed by atoms with Crippen LogP contribution in [-0.2, 0) is 9.59 Å². The standard InChI is InChI=1S/C9H14O2/c1-7(11)5-8-3-2-4-9(8)6-10/h6,8-9H,2-5H2,1H3/t8-,9+/m1/s1. The molecular formula is C9H14O2. The molecule has 0 bridgehead atoms. The second-order valence-corrected chi connectivity index (χ2v) is 3.40. The molecule has 0 aromatic carbocycles. The van der Waals surface area contributed by atoms with E-state index in [1.807, 2.05) is 0 Å². The summed E-state index contributed by atoms with van der Waals surface area (Å²) in [6.45, 7) is 1.60. The third-order valence-corrected chi connectivity index (χ3v) is 2.44. The van der Waals surface area contributed by atoms with E-state index in [1.54, 1.807) is 6.92 Å². The fourth-order valence-electron chi connectivity index (χ4n) is 1.87. The summed E-state index contributed by atoms with van der Waals surface area (Å²) in [6, 6.07) is 0. The van der Waals surface area contributed by atoms with Crippen molar-refractivity contribution >= 4 is 12.1 Å². The van der Waals surface area contributed by atoms with Crippen LogP contribution < -0.4 is 0 Å². The summed E-state index contributed by atoms with van der Waals surface area (Å²) in [6.07, 6.45) is 4.77. The first kappa shape index (κ1) is 8.44. The lowest BCUT2D eigenvalue weighted by Crippen LogP contribution is -2.12. The lowest BCUT2D eigenvalue weighted by Gasteiger charge is -2.10. The van der Waals surface area contributed by atoms with E-state index in [0.717, 1.165) is 25.5 Å². The first-order valence-corrected chi connectivity index (χ1v) is 4.18. The number of aldehydes is 1. The minimum absolute atomic E-state index is 0.166. The number of rotatable bonds is 3. The van der Waals surface area contributed by atoms with Crippen LogP contribution in [0.3, 0.4) is 0 Å². The lowest BCUT2D eigenvalue weighted by atomic mass is 9.93. The van der Waals surface area contributed by atoms with Gasteiger partial charge in [0.05, 0.1) is 0 Å². The van der Waals surface area contributed by atoms with E-state index in [1.165, 1.54) is 0 Å². The van der Waals surface area contributed by atoms with E-state index in [2.05, 4.69) is 0 Å². The summed E-state index contributed by atoms with van der Waals surface area (Å²) >= 11 is 0. The van der Waals surface area contributed by atoms with Gasteiger partial charge in [-0.2, -0.15) is 0 Å². The van der Waals surface area contributed by atoms with Gasteiger partial charge in [0.1, 0.15) is 12.1 Å². The zero-order chi connectivity index (χ0) is 8.27. The first-order chi connectivity index (χ1) is 5.24. The van der Waals surface area contributed by atoms with Crippen molar-refractivity contribution in [2.24, 2.45) is 11.8 Å². The Labute approximate surface area is 67.0 Å². The van der Waals surface area contributed by atoms with E-state index in [4.69, 9.17) is 0 Å². The third kappa shape index (κ3) is 2.14. The largest absolute Gasteiger partial charge is 0.303 e. The van der Waals surface area contributed by atoms with Crippen molar-refractivity contribution in [1.29, 1.82) is 0 Å². The van der Waals surface area contributed by atoms with Crippen LogP contribution in [0.15, 0.2) is 0 Å². The van der Waals surface area contributed by atoms with Crippen LogP contribution in [0.25, 0.3) is 0 Å². The Bertz CT molecular complexity index is 163. The molecule has 11 heavy (non-hydrogen) atoms. The van der Waals surface area contributed by atoms with E-state index >= 15 is 0 Å². The highest BCUT2D eigenvalue weighted by molar-refractivity contribution is 5.76. The lowest BCUT2D eigenvalue weighted by molar-refractivity contribution is -0.118. The Morgan fingerprint density at radius 2 is 2.27 bits per heavy atom. The quantitative estimate of drug-likeness (QED) is 0.578. The molecule has 0 amide bonds. The molecule has 2 nitrogen and oxygen atoms in total. The van der Waals surface area contributed by atoms with Gasteiger partial charge in [0.15, 0.2) is 0 Å². The summed E-state index contributed by atoms with van der Waals surface area (Å²) in [4.78, 5) is 21.2. The Kier molecular flexibility index (Phi) is 2.80. The van der Waals surface area contributed by atoms with Gasteiger partial charge in [-0.15, -0.1) is 0 Å². The fraction of sp³-hybridized carbons (Fsp3) is 0.778. The molecule has 2 atom stereocenters. The molecule has 0 aromatic heterocycles. The van der Waals surface area contributed by atoms with Gasteiger partial charge >= 0.3 is 0 Å². The molecule has 1 rings (SSSR count). The summed E-state index contributed by atoms with van der Waals surface area (Å²) in [7, 11) is 0. The predicted molar refractivity (Wildman–Crippen MR) is 42.2 cm³/mol. The molecule has 2 heteroatoms. The van der Waals surface area contributed by atoms with Crippen LogP contribution in [0.4, 0.5) is 0 Å². The fourth-order valence-corrected chi connectivity index (χ4v) is 1.87. The van der Waals surface area contributed by atoms with Gasteiger partial charge in [-0.05, 0) is 25.7 Å². The summed E-state index contributed by atoms with van der Waals surface area (Å²) in [5.41, 5.74) is 0. The molecule has 0 N–H and O–H groups in total. The minimum atomic E-state index is 0.166. The van der Waals surface area contributed by atoms with E-state index in [0.29, 0.717) is 12.3 Å². The van der Waals surface area contributed by atoms with Crippen molar-refractivity contribution in [3.63, 3.8) is 0 Å². The molecule has 1 fully saturated rings. The van der Waals surface area contributed by atoms with Gasteiger partial charge in [-0.1, -0.05) is 6.42 Å². The summed E-state index contributed by atoms with van der Waals surface area (Å²) in [5.74, 6) is 0.729. The van der Waals surface area contributed by atoms with E-state index in [-0.39, 0.29) is 11.7 Å². The highest BCUT2D eigenvalue weighted by Gasteiger charge is 2.27. The van der Waals surface area contributed by atoms with Crippen LogP contribution >= 0.6 is 0 Å². The maximum absolute atomic E-state index is 10.7. The maximum atomic E-state index is 10.7. The molecule has 0 radical (unpaired) electrons. The molecule has 62 valence electrons. The van der Waals surface area contributed by atoms with Crippen LogP contribution in [0.2, 0.25) is 0 Å². The minimum Gasteiger partial charge on any atom is -0.303 e. The van der Waals surface area contributed by atoms with Crippen LogP contribution in [-0.4, -0.2) is 12.1 Å². The van der Waals surface area contributed by atoms with Gasteiger partial charge in [0.25, 0.3) is 0 Å². The van der Waals surface area contributed by atoms with Crippen LogP contribution in [0, 0.1) is 11.8 Å². The third-order valence-electron chi connectivity index (χ3n) is 2.44. The van der Waals surface area contributed by atoms with Crippen molar-refractivity contribution in [2.45, 2.75) is 32.6 Å². The molecule has 0 aliphatic heterocycles. The van der Waals surface area contributed by atoms with Crippen LogP contribution in [0.5, 0.6) is 0 Å². The Morgan fingerprint density at radius 1 is 1.55 bits per heavy atom. The number of carbonyl (C=O) groups excluding carboxylic acids is 2. The molecule has 0 aromatic rings. The van der Waals surface area contributed by atoms with Gasteiger partial charge in [0, 0.05) is 12.3 Å². The second-order valence-electron chi connectivity index (χ2n) is 3.40. The van der Waals surface area contributed by atoms with Crippen molar-refractivity contribution in [1.82, 2.24) is 0 Å². The zero-order valence-corrected chi connectivity index (χ0v) is 6.88. The van der Waals surface area contributed by atoms with E-state index < -0.39 is 0 Å². The van der Waals surface area contributed by atoms with Crippen molar-refractivity contribution in [2.75, 3.05) is 0 Å². The van der Waals surface area contributed by atoms with Gasteiger partial charge in [-0.25, -0.2) is 0 Å². The van der Waals surface area contributed by atoms with Crippen molar-refractivity contribution in [3.8, 4) is 0 Å². The second kappa shape index (κ2) is 3.65. The van der Waals surface area contributed by atoms with Gasteiger partial charge in [-0.3, -0.25) is 0 Å². The molecule has 0 spiro atoms. The summed E-state index contributed by atoms with van der Waals surface area (Å²) in [5, 5.41) is 0. The van der Waals surface area contributed by atoms with Crippen LogP contribution in [0.1, 0.15) is 32.6 Å². The zero-order valence-electron chi connectivity index (χ0n) is 6.88. The maximum Gasteiger partial charge on any atom is 0.130 e. The molecule has 0 heterocycles. The number of ketones is 1. The molecule has 1 saturated carbocycles. The average molecular weight is 154 g/mol. The SMILES string of the molecule is CC(=O)C[C@H]1CCC[C@H]1C=O. The molecule has 1 aliphatic rings. The molecular weight excluding hydrogens is 140 g/mol. The summed E-state index contributed by atoms with van der Waals surface area (Å²) < 4.78 is 0. The van der Waals surface area contributed by atoms with Crippen molar-refractivity contribution < 1.29 is 9.59 Å². The van der Waals surface area contributed by atoms with Gasteiger partial charge in [0.2, 0.25) is 0 Å². The molecule has 1 aliphatic carbocycles. The number of hydrogen-bond donors (Lipinski definition) is 0. The topological polar surface area (TPSA) is 34.1 Å². The Balaban J connectivity index is 2.43. The number of Topliss-reactive ketones (excluding diaryl/α,β-unsaturated/α-hetero) is 1. The average Bonchev–Trinajstić information content (AvgIpc) is 2.34. The molecule has 0 unspecified atom stereocenters. The van der Waals surface area contributed by atoms with E-state index in [9.17, 15) is 9.59 Å².